The van der Waals surface area contributed by atoms with Gasteiger partial charge in [-0.1, -0.05) is 26.2 Å². The molecule has 1 heterocycles. The van der Waals surface area contributed by atoms with Gasteiger partial charge in [-0.15, -0.1) is 11.6 Å². The first-order valence-corrected chi connectivity index (χ1v) is 7.58. The number of hydrogen-bond acceptors (Lipinski definition) is 5. The van der Waals surface area contributed by atoms with Crippen molar-refractivity contribution in [2.24, 2.45) is 0 Å². The minimum Gasteiger partial charge on any atom is -0.395 e. The highest BCUT2D eigenvalue weighted by atomic mass is 35.5. The van der Waals surface area contributed by atoms with E-state index in [4.69, 9.17) is 11.6 Å². The zero-order chi connectivity index (χ0) is 14.4. The van der Waals surface area contributed by atoms with E-state index in [1.807, 2.05) is 4.90 Å². The number of alkyl halides is 1. The predicted octanol–water partition coefficient (Wildman–Crippen LogP) is -0.0667. The summed E-state index contributed by atoms with van der Waals surface area (Å²) in [6.45, 7) is 2.53. The zero-order valence-electron chi connectivity index (χ0n) is 11.5. The Balaban J connectivity index is 2.69. The highest BCUT2D eigenvalue weighted by Crippen LogP contribution is 2.26. The van der Waals surface area contributed by atoms with Crippen LogP contribution in [0.15, 0.2) is 0 Å². The van der Waals surface area contributed by atoms with Crippen LogP contribution in [0.2, 0.25) is 0 Å². The Morgan fingerprint density at radius 2 is 1.58 bits per heavy atom. The molecule has 0 bridgehead atoms. The topological polar surface area (TPSA) is 84.2 Å². The van der Waals surface area contributed by atoms with Gasteiger partial charge >= 0.3 is 0 Å². The average Bonchev–Trinajstić information content (AvgIpc) is 2.41. The maximum absolute atomic E-state index is 9.98. The molecule has 1 rings (SSSR count). The SMILES string of the molecule is CCCCCCN1[C@H](CO)[C@H](O)[C@H](O)[C@@H](O)[C@H]1CCl. The van der Waals surface area contributed by atoms with Crippen LogP contribution in [-0.2, 0) is 0 Å². The summed E-state index contributed by atoms with van der Waals surface area (Å²) < 4.78 is 0. The lowest BCUT2D eigenvalue weighted by atomic mass is 9.88. The largest absolute Gasteiger partial charge is 0.395 e. The van der Waals surface area contributed by atoms with Crippen LogP contribution in [0.25, 0.3) is 0 Å². The summed E-state index contributed by atoms with van der Waals surface area (Å²) in [6.07, 6.45) is 0.769. The molecule has 0 amide bonds. The summed E-state index contributed by atoms with van der Waals surface area (Å²) in [7, 11) is 0. The molecule has 6 heteroatoms. The van der Waals surface area contributed by atoms with Crippen molar-refractivity contribution in [2.45, 2.75) is 63.0 Å². The summed E-state index contributed by atoms with van der Waals surface area (Å²) in [6, 6.07) is -0.998. The Labute approximate surface area is 119 Å². The van der Waals surface area contributed by atoms with Gasteiger partial charge in [0.25, 0.3) is 0 Å². The van der Waals surface area contributed by atoms with E-state index in [0.717, 1.165) is 25.7 Å². The molecule has 1 aliphatic rings. The first-order valence-electron chi connectivity index (χ1n) is 7.05. The van der Waals surface area contributed by atoms with E-state index < -0.39 is 30.4 Å². The molecule has 0 aromatic rings. The number of nitrogens with zero attached hydrogens (tertiary/aromatic N) is 1. The number of aliphatic hydroxyl groups excluding tert-OH is 4. The lowest BCUT2D eigenvalue weighted by Gasteiger charge is -2.48. The lowest BCUT2D eigenvalue weighted by Crippen LogP contribution is -2.67. The Morgan fingerprint density at radius 3 is 2.11 bits per heavy atom. The number of piperidine rings is 1. The molecule has 4 N–H and O–H groups in total. The molecular weight excluding hydrogens is 270 g/mol. The van der Waals surface area contributed by atoms with Crippen molar-refractivity contribution in [1.82, 2.24) is 4.90 Å². The van der Waals surface area contributed by atoms with E-state index in [0.29, 0.717) is 6.54 Å². The van der Waals surface area contributed by atoms with Crippen LogP contribution >= 0.6 is 11.6 Å². The van der Waals surface area contributed by atoms with Crippen LogP contribution < -0.4 is 0 Å². The number of aliphatic hydroxyl groups is 4. The van der Waals surface area contributed by atoms with E-state index in [2.05, 4.69) is 6.92 Å². The van der Waals surface area contributed by atoms with Gasteiger partial charge < -0.3 is 20.4 Å². The molecule has 1 saturated heterocycles. The third-order valence-electron chi connectivity index (χ3n) is 3.96. The third kappa shape index (κ3) is 4.03. The first kappa shape index (κ1) is 17.1. The quantitative estimate of drug-likeness (QED) is 0.390. The second-order valence-electron chi connectivity index (χ2n) is 5.24. The molecular formula is C13H26ClNO4. The van der Waals surface area contributed by atoms with Gasteiger partial charge in [-0.05, 0) is 13.0 Å². The molecule has 0 saturated carbocycles. The van der Waals surface area contributed by atoms with Crippen molar-refractivity contribution in [1.29, 1.82) is 0 Å². The van der Waals surface area contributed by atoms with Crippen LogP contribution in [0.3, 0.4) is 0 Å². The summed E-state index contributed by atoms with van der Waals surface area (Å²) in [4.78, 5) is 1.84. The van der Waals surface area contributed by atoms with Gasteiger partial charge in [0.1, 0.15) is 12.2 Å². The van der Waals surface area contributed by atoms with Crippen molar-refractivity contribution in [3.8, 4) is 0 Å². The van der Waals surface area contributed by atoms with Gasteiger partial charge in [-0.25, -0.2) is 0 Å². The van der Waals surface area contributed by atoms with Crippen LogP contribution in [0.1, 0.15) is 32.6 Å². The van der Waals surface area contributed by atoms with E-state index in [1.165, 1.54) is 0 Å². The van der Waals surface area contributed by atoms with Gasteiger partial charge in [-0.3, -0.25) is 4.90 Å². The Hall–Kier alpha value is 0.0900. The fourth-order valence-electron chi connectivity index (χ4n) is 2.74. The highest BCUT2D eigenvalue weighted by Gasteiger charge is 2.46. The fourth-order valence-corrected chi connectivity index (χ4v) is 3.10. The second kappa shape index (κ2) is 8.39. The standard InChI is InChI=1S/C13H26ClNO4/c1-2-3-4-5-6-15-9(7-14)11(17)13(19)12(18)10(15)8-16/h9-13,16-19H,2-8H2,1H3/t9-,10-,11+,12+,13-/m1/s1. The van der Waals surface area contributed by atoms with E-state index >= 15 is 0 Å². The maximum Gasteiger partial charge on any atom is 0.109 e. The molecule has 1 aliphatic heterocycles. The lowest BCUT2D eigenvalue weighted by molar-refractivity contribution is -0.166. The predicted molar refractivity (Wildman–Crippen MR) is 74.3 cm³/mol. The van der Waals surface area contributed by atoms with Gasteiger partial charge in [-0.2, -0.15) is 0 Å². The van der Waals surface area contributed by atoms with Crippen LogP contribution in [0.5, 0.6) is 0 Å². The summed E-state index contributed by atoms with van der Waals surface area (Å²) in [5.41, 5.74) is 0. The normalized spacial score (nSPS) is 36.6. The molecule has 0 aliphatic carbocycles. The molecule has 0 spiro atoms. The van der Waals surface area contributed by atoms with Crippen molar-refractivity contribution >= 4 is 11.6 Å². The summed E-state index contributed by atoms with van der Waals surface area (Å²) >= 11 is 5.87. The van der Waals surface area contributed by atoms with E-state index in [-0.39, 0.29) is 12.5 Å². The molecule has 5 atom stereocenters. The number of rotatable bonds is 7. The fraction of sp³-hybridized carbons (Fsp3) is 1.00. The second-order valence-corrected chi connectivity index (χ2v) is 5.55. The smallest absolute Gasteiger partial charge is 0.109 e. The molecule has 0 aromatic heterocycles. The molecule has 0 radical (unpaired) electrons. The average molecular weight is 296 g/mol. The summed E-state index contributed by atoms with van der Waals surface area (Å²) in [5.74, 6) is 0.162. The van der Waals surface area contributed by atoms with Crippen LogP contribution in [-0.4, -0.2) is 74.8 Å². The molecule has 5 nitrogen and oxygen atoms in total. The van der Waals surface area contributed by atoms with Crippen molar-refractivity contribution in [3.63, 3.8) is 0 Å². The van der Waals surface area contributed by atoms with Crippen molar-refractivity contribution < 1.29 is 20.4 Å². The number of halogens is 1. The van der Waals surface area contributed by atoms with Gasteiger partial charge in [0.05, 0.1) is 24.8 Å². The number of likely N-dealkylation sites (tertiary alicyclic amines) is 1. The van der Waals surface area contributed by atoms with Crippen molar-refractivity contribution in [3.05, 3.63) is 0 Å². The molecule has 114 valence electrons. The zero-order valence-corrected chi connectivity index (χ0v) is 12.2. The highest BCUT2D eigenvalue weighted by molar-refractivity contribution is 6.18. The van der Waals surface area contributed by atoms with Crippen LogP contribution in [0, 0.1) is 0 Å². The first-order chi connectivity index (χ1) is 9.08. The van der Waals surface area contributed by atoms with Gasteiger partial charge in [0.2, 0.25) is 0 Å². The molecule has 1 fully saturated rings. The number of unbranched alkanes of at least 4 members (excludes halogenated alkanes) is 3. The van der Waals surface area contributed by atoms with E-state index in [1.54, 1.807) is 0 Å². The maximum atomic E-state index is 9.98. The molecule has 19 heavy (non-hydrogen) atoms. The Kier molecular flexibility index (Phi) is 7.57. The number of hydrogen-bond donors (Lipinski definition) is 4. The van der Waals surface area contributed by atoms with Crippen LogP contribution in [0.4, 0.5) is 0 Å². The monoisotopic (exact) mass is 295 g/mol. The Bertz CT molecular complexity index is 239. The molecule has 0 aromatic carbocycles. The Morgan fingerprint density at radius 1 is 0.947 bits per heavy atom. The van der Waals surface area contributed by atoms with Crippen molar-refractivity contribution in [2.75, 3.05) is 19.0 Å². The molecule has 0 unspecified atom stereocenters. The van der Waals surface area contributed by atoms with Gasteiger partial charge in [0, 0.05) is 5.88 Å². The van der Waals surface area contributed by atoms with Gasteiger partial charge in [0.15, 0.2) is 0 Å². The van der Waals surface area contributed by atoms with E-state index in [9.17, 15) is 20.4 Å². The minimum absolute atomic E-state index is 0.162. The minimum atomic E-state index is -1.26. The summed E-state index contributed by atoms with van der Waals surface area (Å²) in [5, 5.41) is 39.1. The third-order valence-corrected chi connectivity index (χ3v) is 4.27.